The van der Waals surface area contributed by atoms with E-state index in [9.17, 15) is 14.4 Å². The third-order valence-corrected chi connectivity index (χ3v) is 8.03. The molecule has 0 saturated carbocycles. The average molecular weight is 1250 g/mol. The summed E-state index contributed by atoms with van der Waals surface area (Å²) in [5.41, 5.74) is 21.1. The lowest BCUT2D eigenvalue weighted by atomic mass is 10.2. The predicted octanol–water partition coefficient (Wildman–Crippen LogP) is 5.48. The van der Waals surface area contributed by atoms with Crippen molar-refractivity contribution < 1.29 is 78.9 Å². The Labute approximate surface area is 526 Å². The fourth-order valence-corrected chi connectivity index (χ4v) is 4.77. The molecular formula is C65H113N7O16. The molecule has 0 saturated heterocycles. The molecule has 0 aliphatic heterocycles. The number of allylic oxidation sites excluding steroid dienone is 1. The SMILES string of the molecule is C.CC(C)(C)OC(=O)NC/C=C\CO.CC(C)(C)OC(=O)NCC#CCO.CC(C)(C)OC(=O)NCC/C=C/CO.CC/C=C/c1ccccc1OCCO.NC/C=C/c1ccccc1OCCO.NC/C=C\CO.NCC#CCO.NCC/C=C/CO. The molecule has 0 aliphatic rings. The van der Waals surface area contributed by atoms with Gasteiger partial charge in [-0.05, 0) is 100 Å². The van der Waals surface area contributed by atoms with Gasteiger partial charge in [0, 0.05) is 37.3 Å². The van der Waals surface area contributed by atoms with Crippen molar-refractivity contribution in [3.63, 3.8) is 0 Å². The van der Waals surface area contributed by atoms with Crippen LogP contribution in [0.4, 0.5) is 14.4 Å². The number of aliphatic hydroxyl groups excluding tert-OH is 8. The van der Waals surface area contributed by atoms with Gasteiger partial charge >= 0.3 is 18.3 Å². The largest absolute Gasteiger partial charge is 0.491 e. The van der Waals surface area contributed by atoms with Crippen molar-refractivity contribution in [3.05, 3.63) is 120 Å². The van der Waals surface area contributed by atoms with E-state index in [1.54, 1.807) is 84.1 Å². The van der Waals surface area contributed by atoms with Gasteiger partial charge in [-0.2, -0.15) is 0 Å². The second kappa shape index (κ2) is 70.7. The molecule has 23 heteroatoms. The van der Waals surface area contributed by atoms with Crippen LogP contribution in [0, 0.1) is 23.7 Å². The Hall–Kier alpha value is -7.07. The Bertz CT molecular complexity index is 2160. The Morgan fingerprint density at radius 3 is 1.26 bits per heavy atom. The van der Waals surface area contributed by atoms with Crippen molar-refractivity contribution in [2.45, 2.75) is 113 Å². The molecule has 3 amide bonds. The highest BCUT2D eigenvalue weighted by Crippen LogP contribution is 2.20. The Balaban J connectivity index is -0.000000173. The number of ether oxygens (including phenoxy) is 5. The van der Waals surface area contributed by atoms with Gasteiger partial charge in [-0.3, -0.25) is 0 Å². The van der Waals surface area contributed by atoms with Gasteiger partial charge in [0.15, 0.2) is 0 Å². The predicted molar refractivity (Wildman–Crippen MR) is 356 cm³/mol. The van der Waals surface area contributed by atoms with E-state index in [-0.39, 0.29) is 66.8 Å². The molecule has 0 atom stereocenters. The maximum Gasteiger partial charge on any atom is 0.408 e. The molecule has 88 heavy (non-hydrogen) atoms. The number of nitrogens with one attached hydrogen (secondary N) is 3. The molecule has 0 spiro atoms. The van der Waals surface area contributed by atoms with E-state index >= 15 is 0 Å². The quantitative estimate of drug-likeness (QED) is 0.0283. The number of carbonyl (C=O) groups is 3. The summed E-state index contributed by atoms with van der Waals surface area (Å²) in [6.07, 6.45) is 22.6. The number of carbonyl (C=O) groups excluding carboxylic acids is 3. The molecule has 0 unspecified atom stereocenters. The van der Waals surface area contributed by atoms with E-state index < -0.39 is 35.1 Å². The summed E-state index contributed by atoms with van der Waals surface area (Å²) in [5, 5.41) is 74.1. The van der Waals surface area contributed by atoms with Gasteiger partial charge in [0.25, 0.3) is 0 Å². The molecule has 23 nitrogen and oxygen atoms in total. The summed E-state index contributed by atoms with van der Waals surface area (Å²) in [4.78, 5) is 33.0. The summed E-state index contributed by atoms with van der Waals surface area (Å²) in [7, 11) is 0. The topological polar surface area (TPSA) is 399 Å². The minimum atomic E-state index is -0.500. The smallest absolute Gasteiger partial charge is 0.408 e. The zero-order chi connectivity index (χ0) is 67.3. The molecule has 0 fully saturated rings. The molecule has 0 aliphatic carbocycles. The van der Waals surface area contributed by atoms with Gasteiger partial charge in [-0.15, -0.1) is 0 Å². The lowest BCUT2D eigenvalue weighted by Crippen LogP contribution is -2.32. The van der Waals surface area contributed by atoms with Crippen LogP contribution in [0.25, 0.3) is 12.2 Å². The third kappa shape index (κ3) is 85.4. The van der Waals surface area contributed by atoms with Crippen LogP contribution in [-0.2, 0) is 14.2 Å². The fourth-order valence-electron chi connectivity index (χ4n) is 4.77. The minimum absolute atomic E-state index is 0. The number of hydrogen-bond acceptors (Lipinski definition) is 20. The van der Waals surface area contributed by atoms with Crippen molar-refractivity contribution in [2.24, 2.45) is 22.9 Å². The molecule has 0 bridgehead atoms. The highest BCUT2D eigenvalue weighted by molar-refractivity contribution is 5.68. The fraction of sp³-hybridized carbons (Fsp3) is 0.523. The summed E-state index contributed by atoms with van der Waals surface area (Å²) >= 11 is 0. The molecule has 0 heterocycles. The number of aliphatic hydroxyl groups is 8. The highest BCUT2D eigenvalue weighted by Gasteiger charge is 2.16. The first-order chi connectivity index (χ1) is 41.4. The van der Waals surface area contributed by atoms with Gasteiger partial charge in [0.1, 0.15) is 54.7 Å². The van der Waals surface area contributed by atoms with Gasteiger partial charge in [0.2, 0.25) is 0 Å². The molecule has 19 N–H and O–H groups in total. The van der Waals surface area contributed by atoms with Crippen LogP contribution in [0.15, 0.2) is 109 Å². The van der Waals surface area contributed by atoms with Crippen molar-refractivity contribution in [2.75, 3.05) is 112 Å². The van der Waals surface area contributed by atoms with Crippen LogP contribution in [-0.4, -0.2) is 188 Å². The molecular weight excluding hydrogens is 1130 g/mol. The van der Waals surface area contributed by atoms with Gasteiger partial charge in [0.05, 0.1) is 52.7 Å². The van der Waals surface area contributed by atoms with Crippen LogP contribution in [0.2, 0.25) is 0 Å². The Kier molecular flexibility index (Phi) is 76.0. The number of para-hydroxylation sites is 2. The highest BCUT2D eigenvalue weighted by atomic mass is 16.6. The van der Waals surface area contributed by atoms with E-state index in [2.05, 4.69) is 52.6 Å². The molecule has 2 rings (SSSR count). The molecule has 2 aromatic carbocycles. The van der Waals surface area contributed by atoms with E-state index in [1.165, 1.54) is 0 Å². The number of amides is 3. The van der Waals surface area contributed by atoms with Gasteiger partial charge < -0.3 is 103 Å². The van der Waals surface area contributed by atoms with Crippen LogP contribution >= 0.6 is 0 Å². The first-order valence-corrected chi connectivity index (χ1v) is 28.2. The van der Waals surface area contributed by atoms with Crippen molar-refractivity contribution in [1.82, 2.24) is 16.0 Å². The Morgan fingerprint density at radius 2 is 0.886 bits per heavy atom. The summed E-state index contributed by atoms with van der Waals surface area (Å²) < 4.78 is 25.7. The molecule has 504 valence electrons. The lowest BCUT2D eigenvalue weighted by Gasteiger charge is -2.19. The monoisotopic (exact) mass is 1250 g/mol. The van der Waals surface area contributed by atoms with Gasteiger partial charge in [-0.25, -0.2) is 14.4 Å². The van der Waals surface area contributed by atoms with Crippen LogP contribution < -0.4 is 48.4 Å². The van der Waals surface area contributed by atoms with Crippen LogP contribution in [0.1, 0.15) is 107 Å². The minimum Gasteiger partial charge on any atom is -0.491 e. The lowest BCUT2D eigenvalue weighted by molar-refractivity contribution is 0.0519. The second-order valence-electron chi connectivity index (χ2n) is 19.3. The first-order valence-electron chi connectivity index (χ1n) is 28.2. The summed E-state index contributed by atoms with van der Waals surface area (Å²) in [6.45, 7) is 22.1. The van der Waals surface area contributed by atoms with Crippen molar-refractivity contribution >= 4 is 30.4 Å². The number of hydrogen-bond donors (Lipinski definition) is 15. The first kappa shape index (κ1) is 94.6. The zero-order valence-corrected chi connectivity index (χ0v) is 53.3. The average Bonchev–Trinajstić information content (AvgIpc) is 3.66. The maximum atomic E-state index is 11.1. The number of rotatable bonds is 23. The standard InChI is InChI=1S/C12H16O2.C11H15NO2.C10H19NO3.C9H17NO3.C9H15NO3.C5H11NO.C4H9NO.C4H7NO.CH4/c1-2-3-6-11-7-4-5-8-12(11)14-10-9-13;12-7-3-5-10-4-1-2-6-11(10)14-9-8-13;1-10(2,3)14-9(13)11-7-5-4-6-8-12;2*1-9(2,3)13-8(12)10-6-4-5-7-11;6-4-2-1-3-5-7;2*5-3-1-2-4-6;/h3-8,13H,2,9-10H2,1H3;1-6,13H,7-9,12H2;4,6,12H,5,7-8H2,1-3H3,(H,11,13);4-5,11H,6-7H2,1-3H3,(H,10,12);11H,6-7H2,1-3H3,(H,10,12);1,3,7H,2,4-6H2;1-2,6H,3-5H2;6H,3-5H2;1H4/b6-3+;5-3+;6-4+;5-4-;;3-1+;2-1-;;. The normalized spacial score (nSPS) is 10.4. The molecule has 0 aromatic heterocycles. The van der Waals surface area contributed by atoms with Gasteiger partial charge in [-0.1, -0.05) is 147 Å². The van der Waals surface area contributed by atoms with E-state index in [0.29, 0.717) is 58.9 Å². The number of benzene rings is 2. The van der Waals surface area contributed by atoms with Crippen molar-refractivity contribution in [1.29, 1.82) is 0 Å². The maximum absolute atomic E-state index is 11.1. The van der Waals surface area contributed by atoms with Crippen molar-refractivity contribution in [3.8, 4) is 35.2 Å². The molecule has 0 radical (unpaired) electrons. The third-order valence-electron chi connectivity index (χ3n) is 8.03. The second-order valence-corrected chi connectivity index (χ2v) is 19.3. The van der Waals surface area contributed by atoms with E-state index in [0.717, 1.165) is 35.5 Å². The molecule has 2 aromatic rings. The summed E-state index contributed by atoms with van der Waals surface area (Å²) in [5.74, 6) is 11.4. The van der Waals surface area contributed by atoms with Crippen LogP contribution in [0.3, 0.4) is 0 Å². The van der Waals surface area contributed by atoms with Crippen LogP contribution in [0.5, 0.6) is 11.5 Å². The Morgan fingerprint density at radius 1 is 0.489 bits per heavy atom. The number of nitrogens with two attached hydrogens (primary N) is 4. The van der Waals surface area contributed by atoms with E-state index in [4.69, 9.17) is 87.5 Å². The number of alkyl carbamates (subject to hydrolysis) is 3. The zero-order valence-electron chi connectivity index (χ0n) is 53.3. The van der Waals surface area contributed by atoms with E-state index in [1.807, 2.05) is 93.6 Å². The summed E-state index contributed by atoms with van der Waals surface area (Å²) in [6, 6.07) is 15.4.